The van der Waals surface area contributed by atoms with Gasteiger partial charge in [-0.05, 0) is 87.5 Å². The van der Waals surface area contributed by atoms with Gasteiger partial charge in [0.05, 0.1) is 0 Å². The summed E-state index contributed by atoms with van der Waals surface area (Å²) >= 11 is 0. The van der Waals surface area contributed by atoms with Gasteiger partial charge in [-0.2, -0.15) is 0 Å². The Kier molecular flexibility index (Phi) is 4.69. The van der Waals surface area contributed by atoms with E-state index in [0.29, 0.717) is 5.92 Å². The molecule has 1 N–H and O–H groups in total. The maximum absolute atomic E-state index is 13.6. The summed E-state index contributed by atoms with van der Waals surface area (Å²) < 4.78 is 13.6. The van der Waals surface area contributed by atoms with Crippen molar-refractivity contribution in [3.8, 4) is 0 Å². The van der Waals surface area contributed by atoms with E-state index in [4.69, 9.17) is 0 Å². The summed E-state index contributed by atoms with van der Waals surface area (Å²) in [6.07, 6.45) is 6.02. The van der Waals surface area contributed by atoms with Crippen molar-refractivity contribution in [2.45, 2.75) is 38.0 Å². The van der Waals surface area contributed by atoms with Crippen LogP contribution in [0.1, 0.15) is 42.7 Å². The average Bonchev–Trinajstić information content (AvgIpc) is 3.00. The number of benzene rings is 1. The lowest BCUT2D eigenvalue weighted by Gasteiger charge is -2.26. The summed E-state index contributed by atoms with van der Waals surface area (Å²) in [7, 11) is 0. The van der Waals surface area contributed by atoms with Crippen LogP contribution in [0.4, 0.5) is 4.39 Å². The van der Waals surface area contributed by atoms with Crippen molar-refractivity contribution in [1.82, 2.24) is 10.2 Å². The van der Waals surface area contributed by atoms with Crippen LogP contribution in [-0.2, 0) is 6.42 Å². The predicted molar refractivity (Wildman–Crippen MR) is 80.6 cm³/mol. The number of halogens is 1. The highest BCUT2D eigenvalue weighted by molar-refractivity contribution is 5.32. The quantitative estimate of drug-likeness (QED) is 0.909. The molecule has 2 heterocycles. The van der Waals surface area contributed by atoms with Gasteiger partial charge in [-0.15, -0.1) is 0 Å². The molecule has 0 aromatic heterocycles. The number of nitrogens with zero attached hydrogens (tertiary/aromatic N) is 1. The molecular formula is C17H25FN2. The molecule has 0 atom stereocenters. The normalized spacial score (nSPS) is 21.4. The number of piperidine rings is 1. The van der Waals surface area contributed by atoms with Gasteiger partial charge in [-0.1, -0.05) is 6.07 Å². The molecule has 0 spiro atoms. The van der Waals surface area contributed by atoms with Gasteiger partial charge in [0.25, 0.3) is 0 Å². The van der Waals surface area contributed by atoms with Crippen LogP contribution >= 0.6 is 0 Å². The number of rotatable bonds is 4. The van der Waals surface area contributed by atoms with Gasteiger partial charge in [-0.3, -0.25) is 0 Å². The zero-order chi connectivity index (χ0) is 13.8. The third-order valence-electron chi connectivity index (χ3n) is 4.78. The first kappa shape index (κ1) is 14.0. The highest BCUT2D eigenvalue weighted by Gasteiger charge is 2.19. The number of nitrogens with one attached hydrogen (secondary N) is 1. The molecule has 1 aromatic rings. The Bertz CT molecular complexity index is 435. The summed E-state index contributed by atoms with van der Waals surface area (Å²) in [6, 6.07) is 5.43. The van der Waals surface area contributed by atoms with Crippen LogP contribution in [0.5, 0.6) is 0 Å². The van der Waals surface area contributed by atoms with Crippen molar-refractivity contribution in [2.24, 2.45) is 0 Å². The summed E-state index contributed by atoms with van der Waals surface area (Å²) in [4.78, 5) is 2.54. The van der Waals surface area contributed by atoms with E-state index in [1.807, 2.05) is 6.07 Å². The summed E-state index contributed by atoms with van der Waals surface area (Å²) in [6.45, 7) is 5.73. The van der Waals surface area contributed by atoms with Crippen LogP contribution < -0.4 is 5.32 Å². The first-order valence-electron chi connectivity index (χ1n) is 8.04. The van der Waals surface area contributed by atoms with Gasteiger partial charge < -0.3 is 10.2 Å². The van der Waals surface area contributed by atoms with Gasteiger partial charge >= 0.3 is 0 Å². The molecular weight excluding hydrogens is 251 g/mol. The van der Waals surface area contributed by atoms with E-state index in [0.717, 1.165) is 38.9 Å². The van der Waals surface area contributed by atoms with E-state index >= 15 is 0 Å². The Morgan fingerprint density at radius 1 is 1.15 bits per heavy atom. The van der Waals surface area contributed by atoms with Crippen molar-refractivity contribution >= 4 is 0 Å². The minimum absolute atomic E-state index is 0.0801. The van der Waals surface area contributed by atoms with E-state index in [9.17, 15) is 4.39 Å². The van der Waals surface area contributed by atoms with Crippen LogP contribution in [0.3, 0.4) is 0 Å². The fraction of sp³-hybridized carbons (Fsp3) is 0.647. The highest BCUT2D eigenvalue weighted by atomic mass is 19.1. The van der Waals surface area contributed by atoms with Crippen molar-refractivity contribution < 1.29 is 4.39 Å². The average molecular weight is 276 g/mol. The van der Waals surface area contributed by atoms with Crippen LogP contribution in [-0.4, -0.2) is 37.6 Å². The molecule has 110 valence electrons. The molecule has 1 aromatic carbocycles. The Hall–Kier alpha value is -0.930. The minimum atomic E-state index is -0.0801. The van der Waals surface area contributed by atoms with E-state index in [1.165, 1.54) is 37.1 Å². The van der Waals surface area contributed by atoms with Crippen LogP contribution in [0.15, 0.2) is 18.2 Å². The van der Waals surface area contributed by atoms with Gasteiger partial charge in [0.1, 0.15) is 5.82 Å². The van der Waals surface area contributed by atoms with Crippen molar-refractivity contribution in [3.05, 3.63) is 35.1 Å². The maximum Gasteiger partial charge on any atom is 0.123 e. The fourth-order valence-electron chi connectivity index (χ4n) is 3.59. The molecule has 2 aliphatic heterocycles. The highest BCUT2D eigenvalue weighted by Crippen LogP contribution is 2.29. The third kappa shape index (κ3) is 3.39. The topological polar surface area (TPSA) is 15.3 Å². The number of hydrogen-bond donors (Lipinski definition) is 1. The minimum Gasteiger partial charge on any atom is -0.317 e. The Balaban J connectivity index is 1.71. The molecule has 0 radical (unpaired) electrons. The Morgan fingerprint density at radius 3 is 2.65 bits per heavy atom. The number of likely N-dealkylation sites (tertiary alicyclic amines) is 1. The second kappa shape index (κ2) is 6.68. The van der Waals surface area contributed by atoms with Crippen LogP contribution in [0.2, 0.25) is 0 Å². The second-order valence-corrected chi connectivity index (χ2v) is 6.17. The Morgan fingerprint density at radius 2 is 1.90 bits per heavy atom. The lowest BCUT2D eigenvalue weighted by atomic mass is 9.86. The smallest absolute Gasteiger partial charge is 0.123 e. The SMILES string of the molecule is Fc1ccc(CCN2CCCC2)c(C2CCNCC2)c1. The summed E-state index contributed by atoms with van der Waals surface area (Å²) in [5.74, 6) is 0.462. The molecule has 0 amide bonds. The standard InChI is InChI=1S/C17H25FN2/c18-16-4-3-14(7-12-20-10-1-2-11-20)17(13-16)15-5-8-19-9-6-15/h3-4,13,15,19H,1-2,5-12H2. The molecule has 0 saturated carbocycles. The van der Waals surface area contributed by atoms with E-state index < -0.39 is 0 Å². The number of hydrogen-bond acceptors (Lipinski definition) is 2. The van der Waals surface area contributed by atoms with E-state index in [-0.39, 0.29) is 5.82 Å². The maximum atomic E-state index is 13.6. The van der Waals surface area contributed by atoms with Crippen LogP contribution in [0.25, 0.3) is 0 Å². The third-order valence-corrected chi connectivity index (χ3v) is 4.78. The molecule has 0 aliphatic carbocycles. The van der Waals surface area contributed by atoms with Gasteiger partial charge in [0.15, 0.2) is 0 Å². The lowest BCUT2D eigenvalue weighted by Crippen LogP contribution is -2.27. The first-order chi connectivity index (χ1) is 9.83. The molecule has 20 heavy (non-hydrogen) atoms. The lowest BCUT2D eigenvalue weighted by molar-refractivity contribution is 0.342. The monoisotopic (exact) mass is 276 g/mol. The molecule has 2 nitrogen and oxygen atoms in total. The summed E-state index contributed by atoms with van der Waals surface area (Å²) in [5.41, 5.74) is 2.64. The first-order valence-corrected chi connectivity index (χ1v) is 8.04. The molecule has 2 aliphatic rings. The summed E-state index contributed by atoms with van der Waals surface area (Å²) in [5, 5.41) is 3.39. The molecule has 3 heteroatoms. The second-order valence-electron chi connectivity index (χ2n) is 6.17. The van der Waals surface area contributed by atoms with Gasteiger partial charge in [0.2, 0.25) is 0 Å². The molecule has 0 unspecified atom stereocenters. The van der Waals surface area contributed by atoms with Crippen molar-refractivity contribution in [2.75, 3.05) is 32.7 Å². The molecule has 0 bridgehead atoms. The van der Waals surface area contributed by atoms with E-state index in [2.05, 4.69) is 10.2 Å². The van der Waals surface area contributed by atoms with Crippen LogP contribution in [0, 0.1) is 5.82 Å². The van der Waals surface area contributed by atoms with Crippen molar-refractivity contribution in [1.29, 1.82) is 0 Å². The zero-order valence-electron chi connectivity index (χ0n) is 12.2. The molecule has 2 fully saturated rings. The van der Waals surface area contributed by atoms with Crippen molar-refractivity contribution in [3.63, 3.8) is 0 Å². The zero-order valence-corrected chi connectivity index (χ0v) is 12.2. The fourth-order valence-corrected chi connectivity index (χ4v) is 3.59. The van der Waals surface area contributed by atoms with Gasteiger partial charge in [0, 0.05) is 6.54 Å². The Labute approximate surface area is 121 Å². The van der Waals surface area contributed by atoms with Gasteiger partial charge in [-0.25, -0.2) is 4.39 Å². The molecule has 2 saturated heterocycles. The van der Waals surface area contributed by atoms with E-state index in [1.54, 1.807) is 12.1 Å². The largest absolute Gasteiger partial charge is 0.317 e. The predicted octanol–water partition coefficient (Wildman–Crippen LogP) is 2.93. The molecule has 3 rings (SSSR count).